The molecule has 26 heavy (non-hydrogen) atoms. The summed E-state index contributed by atoms with van der Waals surface area (Å²) in [5.74, 6) is 3.39. The van der Waals surface area contributed by atoms with Gasteiger partial charge in [0.1, 0.15) is 10.6 Å². The van der Waals surface area contributed by atoms with Gasteiger partial charge in [0.25, 0.3) is 0 Å². The third kappa shape index (κ3) is 2.55. The number of hydrogen-bond acceptors (Lipinski definition) is 8. The monoisotopic (exact) mass is 366 g/mol. The van der Waals surface area contributed by atoms with Crippen molar-refractivity contribution in [1.82, 2.24) is 15.1 Å². The summed E-state index contributed by atoms with van der Waals surface area (Å²) in [7, 11) is 0. The van der Waals surface area contributed by atoms with E-state index in [0.29, 0.717) is 18.1 Å². The summed E-state index contributed by atoms with van der Waals surface area (Å²) in [5, 5.41) is 10.3. The molecule has 0 aliphatic carbocycles. The lowest BCUT2D eigenvalue weighted by Gasteiger charge is -2.09. The zero-order chi connectivity index (χ0) is 17.5. The highest BCUT2D eigenvalue weighted by molar-refractivity contribution is 7.17. The number of fused-ring (bicyclic) bond motifs is 2. The van der Waals surface area contributed by atoms with Gasteiger partial charge in [0.2, 0.25) is 18.4 Å². The van der Waals surface area contributed by atoms with E-state index in [4.69, 9.17) is 14.0 Å². The maximum atomic E-state index is 5.44. The molecule has 1 aliphatic heterocycles. The first-order chi connectivity index (χ1) is 12.8. The molecule has 4 heterocycles. The zero-order valence-corrected chi connectivity index (χ0v) is 14.7. The molecule has 3 aromatic heterocycles. The number of benzene rings is 1. The van der Waals surface area contributed by atoms with Gasteiger partial charge in [-0.2, -0.15) is 0 Å². The highest BCUT2D eigenvalue weighted by atomic mass is 32.1. The van der Waals surface area contributed by atoms with Gasteiger partial charge in [0.15, 0.2) is 11.5 Å². The Hall–Kier alpha value is -3.13. The topological polar surface area (TPSA) is 82.3 Å². The Bertz CT molecular complexity index is 1090. The Morgan fingerprint density at radius 2 is 2.08 bits per heavy atom. The summed E-state index contributed by atoms with van der Waals surface area (Å²) in [6.07, 6.45) is 1.59. The lowest BCUT2D eigenvalue weighted by atomic mass is 10.2. The number of ether oxygens (including phenoxy) is 2. The molecule has 8 heteroatoms. The zero-order valence-electron chi connectivity index (χ0n) is 13.9. The minimum atomic E-state index is 0.271. The maximum absolute atomic E-state index is 5.44. The molecule has 0 radical (unpaired) electrons. The smallest absolute Gasteiger partial charge is 0.231 e. The molecule has 7 nitrogen and oxygen atoms in total. The van der Waals surface area contributed by atoms with Gasteiger partial charge in [-0.3, -0.25) is 0 Å². The van der Waals surface area contributed by atoms with Gasteiger partial charge in [0, 0.05) is 12.6 Å². The van der Waals surface area contributed by atoms with E-state index in [1.165, 1.54) is 0 Å². The van der Waals surface area contributed by atoms with E-state index in [2.05, 4.69) is 32.7 Å². The highest BCUT2D eigenvalue weighted by Crippen LogP contribution is 2.34. The lowest BCUT2D eigenvalue weighted by Crippen LogP contribution is -2.04. The second-order valence-corrected chi connectivity index (χ2v) is 6.77. The first kappa shape index (κ1) is 15.2. The summed E-state index contributed by atoms with van der Waals surface area (Å²) >= 11 is 1.59. The number of hydrogen-bond donors (Lipinski definition) is 1. The molecule has 0 atom stereocenters. The summed E-state index contributed by atoms with van der Waals surface area (Å²) in [6.45, 7) is 2.93. The number of nitrogens with one attached hydrogen (secondary N) is 1. The van der Waals surface area contributed by atoms with Crippen molar-refractivity contribution in [3.8, 4) is 23.1 Å². The maximum Gasteiger partial charge on any atom is 0.231 e. The van der Waals surface area contributed by atoms with Crippen LogP contribution in [-0.4, -0.2) is 21.9 Å². The van der Waals surface area contributed by atoms with Crippen LogP contribution >= 0.6 is 11.3 Å². The molecule has 130 valence electrons. The molecular formula is C18H14N4O3S. The van der Waals surface area contributed by atoms with Crippen molar-refractivity contribution in [2.75, 3.05) is 12.1 Å². The van der Waals surface area contributed by atoms with Crippen molar-refractivity contribution in [3.63, 3.8) is 0 Å². The summed E-state index contributed by atoms with van der Waals surface area (Å²) in [6, 6.07) is 7.66. The predicted molar refractivity (Wildman–Crippen MR) is 97.5 cm³/mol. The van der Waals surface area contributed by atoms with E-state index >= 15 is 0 Å². The molecule has 0 spiro atoms. The number of aryl methyl sites for hydroxylation is 1. The second kappa shape index (κ2) is 5.99. The summed E-state index contributed by atoms with van der Waals surface area (Å²) < 4.78 is 16.0. The lowest BCUT2D eigenvalue weighted by molar-refractivity contribution is 0.174. The largest absolute Gasteiger partial charge is 0.454 e. The van der Waals surface area contributed by atoms with Crippen LogP contribution in [0.4, 0.5) is 5.82 Å². The molecule has 1 N–H and O–H groups in total. The molecule has 1 aliphatic rings. The van der Waals surface area contributed by atoms with Crippen molar-refractivity contribution in [2.24, 2.45) is 0 Å². The van der Waals surface area contributed by atoms with E-state index in [0.717, 1.165) is 38.7 Å². The number of thiophene rings is 1. The third-order valence-corrected chi connectivity index (χ3v) is 5.16. The van der Waals surface area contributed by atoms with E-state index in [1.807, 2.05) is 18.2 Å². The van der Waals surface area contributed by atoms with Crippen molar-refractivity contribution in [2.45, 2.75) is 13.5 Å². The van der Waals surface area contributed by atoms with Crippen LogP contribution in [-0.2, 0) is 6.54 Å². The number of rotatable bonds is 4. The molecule has 4 aromatic rings. The minimum Gasteiger partial charge on any atom is -0.454 e. The molecule has 0 bridgehead atoms. The summed E-state index contributed by atoms with van der Waals surface area (Å²) in [4.78, 5) is 10.2. The van der Waals surface area contributed by atoms with Crippen LogP contribution in [0.15, 0.2) is 40.4 Å². The second-order valence-electron chi connectivity index (χ2n) is 5.91. The van der Waals surface area contributed by atoms with Crippen LogP contribution in [0.1, 0.15) is 11.1 Å². The van der Waals surface area contributed by atoms with E-state index in [-0.39, 0.29) is 6.79 Å². The standard InChI is InChI=1S/C18H14N4O3S/c1-10-8-26-18-15(10)17(21-16(22-18)13-4-5-20-25-13)19-7-11-2-3-12-14(6-11)24-9-23-12/h2-6,8H,7,9H2,1H3,(H,19,21,22). The summed E-state index contributed by atoms with van der Waals surface area (Å²) in [5.41, 5.74) is 2.22. The van der Waals surface area contributed by atoms with Crippen molar-refractivity contribution in [1.29, 1.82) is 0 Å². The quantitative estimate of drug-likeness (QED) is 0.584. The fraction of sp³-hybridized carbons (Fsp3) is 0.167. The van der Waals surface area contributed by atoms with Gasteiger partial charge in [-0.1, -0.05) is 11.2 Å². The van der Waals surface area contributed by atoms with Crippen LogP contribution in [0.3, 0.4) is 0 Å². The third-order valence-electron chi connectivity index (χ3n) is 4.17. The Morgan fingerprint density at radius 3 is 2.96 bits per heavy atom. The Labute approximate surface area is 152 Å². The average Bonchev–Trinajstić information content (AvgIpc) is 3.40. The van der Waals surface area contributed by atoms with E-state index in [1.54, 1.807) is 23.6 Å². The number of anilines is 1. The fourth-order valence-corrected chi connectivity index (χ4v) is 3.81. The van der Waals surface area contributed by atoms with Gasteiger partial charge < -0.3 is 19.3 Å². The Kier molecular flexibility index (Phi) is 3.49. The van der Waals surface area contributed by atoms with Gasteiger partial charge in [-0.25, -0.2) is 9.97 Å². The molecule has 0 saturated heterocycles. The van der Waals surface area contributed by atoms with Crippen LogP contribution in [0, 0.1) is 6.92 Å². The molecule has 0 fully saturated rings. The normalized spacial score (nSPS) is 12.7. The van der Waals surface area contributed by atoms with Crippen molar-refractivity contribution in [3.05, 3.63) is 47.0 Å². The average molecular weight is 366 g/mol. The van der Waals surface area contributed by atoms with Gasteiger partial charge in [-0.05, 0) is 35.6 Å². The van der Waals surface area contributed by atoms with Gasteiger partial charge in [0.05, 0.1) is 11.6 Å². The van der Waals surface area contributed by atoms with Gasteiger partial charge >= 0.3 is 0 Å². The molecule has 0 saturated carbocycles. The number of aromatic nitrogens is 3. The first-order valence-electron chi connectivity index (χ1n) is 8.07. The molecule has 0 amide bonds. The van der Waals surface area contributed by atoms with E-state index < -0.39 is 0 Å². The van der Waals surface area contributed by atoms with Crippen molar-refractivity contribution < 1.29 is 14.0 Å². The molecule has 0 unspecified atom stereocenters. The van der Waals surface area contributed by atoms with Crippen LogP contribution in [0.5, 0.6) is 11.5 Å². The van der Waals surface area contributed by atoms with E-state index in [9.17, 15) is 0 Å². The Morgan fingerprint density at radius 1 is 1.15 bits per heavy atom. The first-order valence-corrected chi connectivity index (χ1v) is 8.95. The fourth-order valence-electron chi connectivity index (χ4n) is 2.89. The van der Waals surface area contributed by atoms with Crippen LogP contribution in [0.25, 0.3) is 21.8 Å². The van der Waals surface area contributed by atoms with Gasteiger partial charge in [-0.15, -0.1) is 11.3 Å². The molecule has 5 rings (SSSR count). The minimum absolute atomic E-state index is 0.271. The molecule has 1 aromatic carbocycles. The Balaban J connectivity index is 1.50. The predicted octanol–water partition coefficient (Wildman–Crippen LogP) is 4.00. The van der Waals surface area contributed by atoms with Crippen molar-refractivity contribution >= 4 is 27.4 Å². The SMILES string of the molecule is Cc1csc2nc(-c3ccno3)nc(NCc3ccc4c(c3)OCO4)c12. The number of nitrogens with zero attached hydrogens (tertiary/aromatic N) is 3. The molecular weight excluding hydrogens is 352 g/mol. The highest BCUT2D eigenvalue weighted by Gasteiger charge is 2.16. The van der Waals surface area contributed by atoms with Crippen LogP contribution in [0.2, 0.25) is 0 Å². The van der Waals surface area contributed by atoms with Crippen LogP contribution < -0.4 is 14.8 Å².